The Bertz CT molecular complexity index is 820. The van der Waals surface area contributed by atoms with Crippen LogP contribution in [0.5, 0.6) is 11.5 Å². The summed E-state index contributed by atoms with van der Waals surface area (Å²) in [5.41, 5.74) is 2.09. The Morgan fingerprint density at radius 2 is 1.78 bits per heavy atom. The Kier molecular flexibility index (Phi) is 6.08. The van der Waals surface area contributed by atoms with E-state index in [1.165, 1.54) is 7.11 Å². The first kappa shape index (κ1) is 19.3. The molecule has 0 unspecified atom stereocenters. The zero-order chi connectivity index (χ0) is 19.4. The van der Waals surface area contributed by atoms with Gasteiger partial charge in [0.2, 0.25) is 0 Å². The number of hydrogen-bond donors (Lipinski definition) is 1. The van der Waals surface area contributed by atoms with E-state index in [2.05, 4.69) is 22.2 Å². The van der Waals surface area contributed by atoms with Crippen molar-refractivity contribution in [3.05, 3.63) is 47.0 Å². The molecular formula is C20H24ClN3O3. The normalized spacial score (nSPS) is 14.7. The molecule has 6 nitrogen and oxygen atoms in total. The predicted molar refractivity (Wildman–Crippen MR) is 109 cm³/mol. The van der Waals surface area contributed by atoms with Gasteiger partial charge < -0.3 is 24.6 Å². The van der Waals surface area contributed by atoms with E-state index < -0.39 is 0 Å². The molecule has 7 heteroatoms. The lowest BCUT2D eigenvalue weighted by Crippen LogP contribution is -2.44. The van der Waals surface area contributed by atoms with Crippen molar-refractivity contribution in [3.63, 3.8) is 0 Å². The number of halogens is 1. The zero-order valence-electron chi connectivity index (χ0n) is 15.8. The Hall–Kier alpha value is -2.44. The number of anilines is 2. The highest BCUT2D eigenvalue weighted by atomic mass is 35.5. The lowest BCUT2D eigenvalue weighted by molar-refractivity contribution is 0.102. The molecule has 1 heterocycles. The SMILES string of the molecule is COc1ccc(C(=O)Nc2cc(Cl)ccc2N2CCN(C)CC2)c(OC)c1. The fourth-order valence-electron chi connectivity index (χ4n) is 3.11. The summed E-state index contributed by atoms with van der Waals surface area (Å²) in [5, 5.41) is 3.56. The van der Waals surface area contributed by atoms with Gasteiger partial charge in [-0.3, -0.25) is 4.79 Å². The average Bonchev–Trinajstić information content (AvgIpc) is 2.68. The minimum Gasteiger partial charge on any atom is -0.497 e. The first-order valence-electron chi connectivity index (χ1n) is 8.78. The molecule has 1 aliphatic rings. The van der Waals surface area contributed by atoms with Gasteiger partial charge in [-0.1, -0.05) is 11.6 Å². The molecule has 0 radical (unpaired) electrons. The molecule has 0 saturated carbocycles. The van der Waals surface area contributed by atoms with Crippen molar-refractivity contribution in [2.75, 3.05) is 57.7 Å². The molecule has 1 saturated heterocycles. The summed E-state index contributed by atoms with van der Waals surface area (Å²) in [6.45, 7) is 3.74. The van der Waals surface area contributed by atoms with Crippen molar-refractivity contribution in [2.24, 2.45) is 0 Å². The number of carbonyl (C=O) groups excluding carboxylic acids is 1. The van der Waals surface area contributed by atoms with Gasteiger partial charge in [-0.2, -0.15) is 0 Å². The number of nitrogens with one attached hydrogen (secondary N) is 1. The van der Waals surface area contributed by atoms with Crippen molar-refractivity contribution in [1.82, 2.24) is 4.90 Å². The highest BCUT2D eigenvalue weighted by Gasteiger charge is 2.20. The highest BCUT2D eigenvalue weighted by molar-refractivity contribution is 6.31. The van der Waals surface area contributed by atoms with Crippen molar-refractivity contribution in [1.29, 1.82) is 0 Å². The number of likely N-dealkylation sites (N-methyl/N-ethyl adjacent to an activating group) is 1. The fraction of sp³-hybridized carbons (Fsp3) is 0.350. The number of methoxy groups -OCH3 is 2. The van der Waals surface area contributed by atoms with Crippen LogP contribution in [0.4, 0.5) is 11.4 Å². The van der Waals surface area contributed by atoms with Crippen LogP contribution in [-0.4, -0.2) is 58.3 Å². The summed E-state index contributed by atoms with van der Waals surface area (Å²) in [4.78, 5) is 17.4. The number of piperazine rings is 1. The standard InChI is InChI=1S/C20H24ClN3O3/c1-23-8-10-24(11-9-23)18-7-4-14(21)12-17(18)22-20(25)16-6-5-15(26-2)13-19(16)27-3/h4-7,12-13H,8-11H2,1-3H3,(H,22,25). The maximum Gasteiger partial charge on any atom is 0.259 e. The number of nitrogens with zero attached hydrogens (tertiary/aromatic N) is 2. The molecule has 1 aliphatic heterocycles. The molecule has 144 valence electrons. The zero-order valence-corrected chi connectivity index (χ0v) is 16.5. The number of benzene rings is 2. The summed E-state index contributed by atoms with van der Waals surface area (Å²) in [7, 11) is 5.21. The van der Waals surface area contributed by atoms with Crippen molar-refractivity contribution >= 4 is 28.9 Å². The molecule has 0 atom stereocenters. The Balaban J connectivity index is 1.87. The number of rotatable bonds is 5. The molecule has 2 aromatic rings. The van der Waals surface area contributed by atoms with E-state index >= 15 is 0 Å². The Morgan fingerprint density at radius 1 is 1.04 bits per heavy atom. The molecule has 0 bridgehead atoms. The summed E-state index contributed by atoms with van der Waals surface area (Å²) < 4.78 is 10.5. The molecule has 0 aliphatic carbocycles. The highest BCUT2D eigenvalue weighted by Crippen LogP contribution is 2.32. The maximum absolute atomic E-state index is 12.9. The van der Waals surface area contributed by atoms with Crippen LogP contribution in [0.15, 0.2) is 36.4 Å². The van der Waals surface area contributed by atoms with E-state index in [-0.39, 0.29) is 5.91 Å². The number of hydrogen-bond acceptors (Lipinski definition) is 5. The van der Waals surface area contributed by atoms with E-state index in [4.69, 9.17) is 21.1 Å². The van der Waals surface area contributed by atoms with Gasteiger partial charge in [-0.25, -0.2) is 0 Å². The van der Waals surface area contributed by atoms with Gasteiger partial charge in [0.1, 0.15) is 11.5 Å². The number of carbonyl (C=O) groups is 1. The number of ether oxygens (including phenoxy) is 2. The second-order valence-corrected chi connectivity index (χ2v) is 6.91. The quantitative estimate of drug-likeness (QED) is 0.849. The van der Waals surface area contributed by atoms with E-state index in [1.807, 2.05) is 12.1 Å². The predicted octanol–water partition coefficient (Wildman–Crippen LogP) is 3.36. The lowest BCUT2D eigenvalue weighted by Gasteiger charge is -2.35. The molecule has 0 spiro atoms. The van der Waals surface area contributed by atoms with Crippen LogP contribution in [-0.2, 0) is 0 Å². The van der Waals surface area contributed by atoms with Gasteiger partial charge in [0, 0.05) is 37.3 Å². The third-order valence-corrected chi connectivity index (χ3v) is 4.94. The smallest absolute Gasteiger partial charge is 0.259 e. The van der Waals surface area contributed by atoms with Gasteiger partial charge in [0.15, 0.2) is 0 Å². The molecule has 2 aromatic carbocycles. The minimum atomic E-state index is -0.257. The third-order valence-electron chi connectivity index (χ3n) is 4.70. The topological polar surface area (TPSA) is 54.0 Å². The van der Waals surface area contributed by atoms with E-state index in [1.54, 1.807) is 31.4 Å². The van der Waals surface area contributed by atoms with Crippen molar-refractivity contribution in [2.45, 2.75) is 0 Å². The summed E-state index contributed by atoms with van der Waals surface area (Å²) in [5.74, 6) is 0.825. The van der Waals surface area contributed by atoms with Gasteiger partial charge in [-0.05, 0) is 37.4 Å². The van der Waals surface area contributed by atoms with Gasteiger partial charge in [0.25, 0.3) is 5.91 Å². The Morgan fingerprint density at radius 3 is 2.44 bits per heavy atom. The van der Waals surface area contributed by atoms with Crippen LogP contribution in [0.1, 0.15) is 10.4 Å². The molecule has 1 fully saturated rings. The summed E-state index contributed by atoms with van der Waals surface area (Å²) in [6, 6.07) is 10.7. The van der Waals surface area contributed by atoms with Crippen LogP contribution >= 0.6 is 11.6 Å². The fourth-order valence-corrected chi connectivity index (χ4v) is 3.28. The van der Waals surface area contributed by atoms with Crippen molar-refractivity contribution < 1.29 is 14.3 Å². The molecule has 3 rings (SSSR count). The van der Waals surface area contributed by atoms with Gasteiger partial charge in [-0.15, -0.1) is 0 Å². The summed E-state index contributed by atoms with van der Waals surface area (Å²) in [6.07, 6.45) is 0. The molecule has 0 aromatic heterocycles. The Labute approximate surface area is 164 Å². The lowest BCUT2D eigenvalue weighted by atomic mass is 10.1. The average molecular weight is 390 g/mol. The van der Waals surface area contributed by atoms with Crippen LogP contribution in [0.25, 0.3) is 0 Å². The molecule has 1 amide bonds. The molecule has 1 N–H and O–H groups in total. The monoisotopic (exact) mass is 389 g/mol. The third kappa shape index (κ3) is 4.46. The largest absolute Gasteiger partial charge is 0.497 e. The maximum atomic E-state index is 12.9. The minimum absolute atomic E-state index is 0.257. The number of amides is 1. The first-order chi connectivity index (χ1) is 13.0. The summed E-state index contributed by atoms with van der Waals surface area (Å²) >= 11 is 6.19. The van der Waals surface area contributed by atoms with Crippen LogP contribution in [0, 0.1) is 0 Å². The van der Waals surface area contributed by atoms with Gasteiger partial charge >= 0.3 is 0 Å². The van der Waals surface area contributed by atoms with E-state index in [0.717, 1.165) is 31.9 Å². The van der Waals surface area contributed by atoms with Crippen LogP contribution < -0.4 is 19.7 Å². The van der Waals surface area contributed by atoms with E-state index in [9.17, 15) is 4.79 Å². The van der Waals surface area contributed by atoms with Crippen molar-refractivity contribution in [3.8, 4) is 11.5 Å². The van der Waals surface area contributed by atoms with Gasteiger partial charge in [0.05, 0.1) is 31.2 Å². The second kappa shape index (κ2) is 8.50. The van der Waals surface area contributed by atoms with E-state index in [0.29, 0.717) is 27.8 Å². The second-order valence-electron chi connectivity index (χ2n) is 6.47. The molecular weight excluding hydrogens is 366 g/mol. The first-order valence-corrected chi connectivity index (χ1v) is 9.16. The van der Waals surface area contributed by atoms with Crippen LogP contribution in [0.3, 0.4) is 0 Å². The molecule has 27 heavy (non-hydrogen) atoms. The van der Waals surface area contributed by atoms with Crippen LogP contribution in [0.2, 0.25) is 5.02 Å².